The molecule has 1 saturated carbocycles. The molecule has 29 heavy (non-hydrogen) atoms. The smallest absolute Gasteiger partial charge is 0.226 e. The molecule has 1 aromatic carbocycles. The lowest BCUT2D eigenvalue weighted by Gasteiger charge is -2.31. The zero-order valence-electron chi connectivity index (χ0n) is 15.9. The van der Waals surface area contributed by atoms with Crippen LogP contribution in [0.15, 0.2) is 30.6 Å². The number of nitrogens with zero attached hydrogens (tertiary/aromatic N) is 7. The van der Waals surface area contributed by atoms with Gasteiger partial charge in [0.05, 0.1) is 12.1 Å². The standard InChI is InChI=1S/C19H22N8OS/c28-17(11-13-1-3-15(4-2-13)26-12-20-23-24-26)25-9-7-14(8-10-25)18-21-22-19(29)27(18)16-5-6-16/h1-4,12,14,16H,5-11H2,(H,22,29). The van der Waals surface area contributed by atoms with Crippen molar-refractivity contribution in [2.24, 2.45) is 0 Å². The minimum absolute atomic E-state index is 0.166. The Labute approximate surface area is 172 Å². The van der Waals surface area contributed by atoms with E-state index in [-0.39, 0.29) is 5.91 Å². The Kier molecular flexibility index (Phi) is 4.70. The summed E-state index contributed by atoms with van der Waals surface area (Å²) in [5.74, 6) is 1.60. The largest absolute Gasteiger partial charge is 0.342 e. The predicted molar refractivity (Wildman–Crippen MR) is 107 cm³/mol. The summed E-state index contributed by atoms with van der Waals surface area (Å²) in [6.45, 7) is 1.52. The Morgan fingerprint density at radius 2 is 1.90 bits per heavy atom. The summed E-state index contributed by atoms with van der Waals surface area (Å²) < 4.78 is 4.52. The van der Waals surface area contributed by atoms with Crippen molar-refractivity contribution in [1.29, 1.82) is 0 Å². The Balaban J connectivity index is 1.19. The van der Waals surface area contributed by atoms with Crippen LogP contribution < -0.4 is 0 Å². The first-order valence-corrected chi connectivity index (χ1v) is 10.4. The third-order valence-corrected chi connectivity index (χ3v) is 6.05. The average Bonchev–Trinajstić information content (AvgIpc) is 3.28. The number of tetrazole rings is 1. The SMILES string of the molecule is O=C(Cc1ccc(-n2cnnn2)cc1)N1CCC(c2n[nH]c(=S)n2C2CC2)CC1. The molecule has 3 aromatic rings. The van der Waals surface area contributed by atoms with Crippen molar-refractivity contribution in [3.05, 3.63) is 46.8 Å². The minimum atomic E-state index is 0.166. The maximum Gasteiger partial charge on any atom is 0.226 e. The fraction of sp³-hybridized carbons (Fsp3) is 0.474. The number of aromatic amines is 1. The van der Waals surface area contributed by atoms with Gasteiger partial charge in [0.15, 0.2) is 4.77 Å². The maximum atomic E-state index is 12.8. The molecular formula is C19H22N8OS. The van der Waals surface area contributed by atoms with Crippen molar-refractivity contribution in [2.75, 3.05) is 13.1 Å². The van der Waals surface area contributed by atoms with Crippen molar-refractivity contribution in [2.45, 2.75) is 44.1 Å². The first kappa shape index (κ1) is 18.2. The molecule has 1 aliphatic carbocycles. The lowest BCUT2D eigenvalue weighted by molar-refractivity contribution is -0.131. The number of hydrogen-bond acceptors (Lipinski definition) is 6. The van der Waals surface area contributed by atoms with E-state index in [1.165, 1.54) is 12.8 Å². The van der Waals surface area contributed by atoms with E-state index in [9.17, 15) is 4.79 Å². The Morgan fingerprint density at radius 3 is 2.55 bits per heavy atom. The van der Waals surface area contributed by atoms with Gasteiger partial charge in [-0.25, -0.2) is 4.68 Å². The van der Waals surface area contributed by atoms with Crippen molar-refractivity contribution in [3.63, 3.8) is 0 Å². The van der Waals surface area contributed by atoms with E-state index < -0.39 is 0 Å². The number of H-pyrrole nitrogens is 1. The van der Waals surface area contributed by atoms with Crippen LogP contribution in [0.3, 0.4) is 0 Å². The number of benzene rings is 1. The number of carbonyl (C=O) groups is 1. The fourth-order valence-electron chi connectivity index (χ4n) is 4.01. The second-order valence-electron chi connectivity index (χ2n) is 7.74. The van der Waals surface area contributed by atoms with E-state index >= 15 is 0 Å². The average molecular weight is 411 g/mol. The number of carbonyl (C=O) groups excluding carboxylic acids is 1. The molecule has 1 saturated heterocycles. The maximum absolute atomic E-state index is 12.8. The number of hydrogen-bond donors (Lipinski definition) is 1. The fourth-order valence-corrected chi connectivity index (χ4v) is 4.30. The first-order valence-electron chi connectivity index (χ1n) is 9.96. The molecule has 2 fully saturated rings. The zero-order chi connectivity index (χ0) is 19.8. The number of nitrogens with one attached hydrogen (secondary N) is 1. The van der Waals surface area contributed by atoms with Crippen LogP contribution in [0.5, 0.6) is 0 Å². The second-order valence-corrected chi connectivity index (χ2v) is 8.13. The summed E-state index contributed by atoms with van der Waals surface area (Å²) >= 11 is 5.40. The zero-order valence-corrected chi connectivity index (χ0v) is 16.8. The van der Waals surface area contributed by atoms with Gasteiger partial charge in [-0.05, 0) is 66.0 Å². The van der Waals surface area contributed by atoms with Crippen molar-refractivity contribution in [3.8, 4) is 5.69 Å². The number of piperidine rings is 1. The molecule has 0 radical (unpaired) electrons. The monoisotopic (exact) mass is 410 g/mol. The molecule has 1 aliphatic heterocycles. The van der Waals surface area contributed by atoms with E-state index in [1.807, 2.05) is 29.2 Å². The number of rotatable bonds is 5. The summed E-state index contributed by atoms with van der Waals surface area (Å²) in [5.41, 5.74) is 1.86. The topological polar surface area (TPSA) is 97.5 Å². The summed E-state index contributed by atoms with van der Waals surface area (Å²) in [6, 6.07) is 8.27. The summed E-state index contributed by atoms with van der Waals surface area (Å²) in [6.07, 6.45) is 6.17. The summed E-state index contributed by atoms with van der Waals surface area (Å²) in [4.78, 5) is 14.7. The molecule has 0 unspecified atom stereocenters. The highest BCUT2D eigenvalue weighted by atomic mass is 32.1. The second kappa shape index (κ2) is 7.51. The van der Waals surface area contributed by atoms with Gasteiger partial charge < -0.3 is 9.47 Å². The Hall–Kier alpha value is -2.88. The molecule has 9 nitrogen and oxygen atoms in total. The molecule has 5 rings (SSSR count). The molecule has 2 aromatic heterocycles. The molecule has 0 atom stereocenters. The molecule has 1 amide bonds. The van der Waals surface area contributed by atoms with E-state index in [2.05, 4.69) is 30.3 Å². The van der Waals surface area contributed by atoms with Gasteiger partial charge in [0.25, 0.3) is 0 Å². The minimum Gasteiger partial charge on any atom is -0.342 e. The van der Waals surface area contributed by atoms with E-state index in [0.29, 0.717) is 18.4 Å². The van der Waals surface area contributed by atoms with Gasteiger partial charge in [0.1, 0.15) is 12.2 Å². The van der Waals surface area contributed by atoms with Crippen molar-refractivity contribution >= 4 is 18.1 Å². The number of aromatic nitrogens is 7. The lowest BCUT2D eigenvalue weighted by Crippen LogP contribution is -2.39. The van der Waals surface area contributed by atoms with E-state index in [4.69, 9.17) is 12.2 Å². The molecule has 10 heteroatoms. The van der Waals surface area contributed by atoms with Gasteiger partial charge in [-0.15, -0.1) is 5.10 Å². The molecule has 0 bridgehead atoms. The molecule has 0 spiro atoms. The highest BCUT2D eigenvalue weighted by molar-refractivity contribution is 7.71. The van der Waals surface area contributed by atoms with Crippen molar-refractivity contribution < 1.29 is 4.79 Å². The highest BCUT2D eigenvalue weighted by Crippen LogP contribution is 2.39. The lowest BCUT2D eigenvalue weighted by atomic mass is 9.95. The Bertz CT molecular complexity index is 1040. The van der Waals surface area contributed by atoms with Crippen LogP contribution in [0.25, 0.3) is 5.69 Å². The van der Waals surface area contributed by atoms with Gasteiger partial charge in [0, 0.05) is 25.0 Å². The van der Waals surface area contributed by atoms with Crippen LogP contribution in [0.1, 0.15) is 49.0 Å². The van der Waals surface area contributed by atoms with Crippen LogP contribution >= 0.6 is 12.2 Å². The van der Waals surface area contributed by atoms with Gasteiger partial charge in [-0.3, -0.25) is 9.89 Å². The highest BCUT2D eigenvalue weighted by Gasteiger charge is 2.32. The van der Waals surface area contributed by atoms with E-state index in [1.54, 1.807) is 11.0 Å². The number of amides is 1. The molecule has 150 valence electrons. The first-order chi connectivity index (χ1) is 14.2. The van der Waals surface area contributed by atoms with Gasteiger partial charge in [-0.1, -0.05) is 12.1 Å². The van der Waals surface area contributed by atoms with Crippen LogP contribution in [0, 0.1) is 4.77 Å². The van der Waals surface area contributed by atoms with Crippen LogP contribution in [0.2, 0.25) is 0 Å². The third-order valence-electron chi connectivity index (χ3n) is 5.76. The molecule has 1 N–H and O–H groups in total. The van der Waals surface area contributed by atoms with Gasteiger partial charge in [0.2, 0.25) is 5.91 Å². The van der Waals surface area contributed by atoms with Gasteiger partial charge >= 0.3 is 0 Å². The van der Waals surface area contributed by atoms with E-state index in [0.717, 1.165) is 47.8 Å². The Morgan fingerprint density at radius 1 is 1.14 bits per heavy atom. The van der Waals surface area contributed by atoms with Crippen LogP contribution in [0.4, 0.5) is 0 Å². The number of likely N-dealkylation sites (tertiary alicyclic amines) is 1. The quantitative estimate of drug-likeness (QED) is 0.648. The van der Waals surface area contributed by atoms with Gasteiger partial charge in [-0.2, -0.15) is 5.10 Å². The normalized spacial score (nSPS) is 17.6. The van der Waals surface area contributed by atoms with Crippen molar-refractivity contribution in [1.82, 2.24) is 39.9 Å². The van der Waals surface area contributed by atoms with Crippen LogP contribution in [-0.2, 0) is 11.2 Å². The summed E-state index contributed by atoms with van der Waals surface area (Å²) in [5, 5.41) is 18.6. The summed E-state index contributed by atoms with van der Waals surface area (Å²) in [7, 11) is 0. The molecule has 2 aliphatic rings. The predicted octanol–water partition coefficient (Wildman–Crippen LogP) is 2.20. The molecule has 3 heterocycles. The molecular weight excluding hydrogens is 388 g/mol. The van der Waals surface area contributed by atoms with Crippen LogP contribution in [-0.4, -0.2) is 58.9 Å². The third kappa shape index (κ3) is 3.71.